The monoisotopic (exact) mass is 695 g/mol. The molecule has 7 rings (SSSR count). The predicted octanol–water partition coefficient (Wildman–Crippen LogP) is 6.15. The van der Waals surface area contributed by atoms with E-state index in [2.05, 4.69) is 16.9 Å². The van der Waals surface area contributed by atoms with Crippen LogP contribution >= 0.6 is 11.3 Å². The molecule has 0 spiro atoms. The van der Waals surface area contributed by atoms with Crippen molar-refractivity contribution in [2.75, 3.05) is 47.5 Å². The van der Waals surface area contributed by atoms with Crippen molar-refractivity contribution in [1.82, 2.24) is 34.3 Å². The van der Waals surface area contributed by atoms with Gasteiger partial charge in [0.05, 0.1) is 54.4 Å². The molecule has 1 unspecified atom stereocenters. The smallest absolute Gasteiger partial charge is 0.299 e. The summed E-state index contributed by atoms with van der Waals surface area (Å²) in [5, 5.41) is 13.1. The molecular formula is C37H35F2N7O3S. The molecule has 2 aromatic carbocycles. The molecule has 0 saturated carbocycles. The number of pyridine rings is 1. The molecule has 50 heavy (non-hydrogen) atoms. The number of amides is 1. The number of nitrogens with zero attached hydrogens (tertiary/aromatic N) is 7. The number of hydrogen-bond donors (Lipinski definition) is 0. The molecule has 10 nitrogen and oxygen atoms in total. The van der Waals surface area contributed by atoms with Crippen LogP contribution in [0.4, 0.5) is 8.78 Å². The Bertz CT molecular complexity index is 2320. The van der Waals surface area contributed by atoms with Crippen molar-refractivity contribution in [2.45, 2.75) is 19.5 Å². The second kappa shape index (κ2) is 13.6. The Kier molecular flexibility index (Phi) is 9.09. The lowest BCUT2D eigenvalue weighted by Gasteiger charge is -2.32. The number of aromatic nitrogens is 5. The van der Waals surface area contributed by atoms with Gasteiger partial charge >= 0.3 is 0 Å². The number of carbonyl (C=O) groups excluding carboxylic acids is 1. The zero-order valence-electron chi connectivity index (χ0n) is 28.3. The number of methoxy groups -OCH3 is 1. The lowest BCUT2D eigenvalue weighted by Crippen LogP contribution is -2.40. The molecule has 256 valence electrons. The summed E-state index contributed by atoms with van der Waals surface area (Å²) < 4.78 is 46.4. The number of carbonyl (C=O) groups is 1. The van der Waals surface area contributed by atoms with Crippen LogP contribution in [-0.4, -0.2) is 87.8 Å². The minimum atomic E-state index is -0.787. The Hall–Kier alpha value is -5.16. The van der Waals surface area contributed by atoms with Gasteiger partial charge in [-0.2, -0.15) is 10.2 Å². The van der Waals surface area contributed by atoms with E-state index in [0.717, 1.165) is 38.3 Å². The van der Waals surface area contributed by atoms with Crippen LogP contribution in [0.2, 0.25) is 0 Å². The van der Waals surface area contributed by atoms with Crippen LogP contribution in [0, 0.1) is 23.5 Å². The maximum atomic E-state index is 16.1. The third-order valence-electron chi connectivity index (χ3n) is 8.79. The van der Waals surface area contributed by atoms with E-state index in [4.69, 9.17) is 19.6 Å². The Morgan fingerprint density at radius 1 is 1.08 bits per heavy atom. The number of aryl methyl sites for hydroxylation is 1. The fraction of sp³-hybridized carbons (Fsp3) is 0.297. The number of hydrogen-bond acceptors (Lipinski definition) is 8. The van der Waals surface area contributed by atoms with Gasteiger partial charge in [0.15, 0.2) is 0 Å². The second-order valence-electron chi connectivity index (χ2n) is 12.4. The van der Waals surface area contributed by atoms with Crippen LogP contribution in [0.3, 0.4) is 0 Å². The highest BCUT2D eigenvalue weighted by atomic mass is 32.1. The van der Waals surface area contributed by atoms with E-state index in [1.807, 2.05) is 78.0 Å². The minimum Gasteiger partial charge on any atom is -0.490 e. The molecule has 1 amide bonds. The van der Waals surface area contributed by atoms with Gasteiger partial charge in [-0.1, -0.05) is 12.0 Å². The third-order valence-corrected chi connectivity index (χ3v) is 9.73. The van der Waals surface area contributed by atoms with Gasteiger partial charge in [0, 0.05) is 59.4 Å². The number of rotatable bonds is 8. The lowest BCUT2D eigenvalue weighted by molar-refractivity contribution is -0.128. The van der Waals surface area contributed by atoms with Gasteiger partial charge in [-0.25, -0.2) is 13.8 Å². The van der Waals surface area contributed by atoms with Gasteiger partial charge in [0.25, 0.3) is 5.91 Å². The van der Waals surface area contributed by atoms with Crippen molar-refractivity contribution in [3.05, 3.63) is 71.4 Å². The first kappa shape index (κ1) is 33.3. The molecule has 13 heteroatoms. The van der Waals surface area contributed by atoms with Crippen LogP contribution in [0.15, 0.2) is 54.0 Å². The summed E-state index contributed by atoms with van der Waals surface area (Å²) in [6.45, 7) is 3.60. The van der Waals surface area contributed by atoms with E-state index in [0.29, 0.717) is 42.3 Å². The highest BCUT2D eigenvalue weighted by Crippen LogP contribution is 2.47. The van der Waals surface area contributed by atoms with Crippen molar-refractivity contribution in [2.24, 2.45) is 7.05 Å². The molecule has 6 aromatic rings. The fourth-order valence-corrected chi connectivity index (χ4v) is 7.30. The molecular weight excluding hydrogens is 661 g/mol. The van der Waals surface area contributed by atoms with Crippen LogP contribution < -0.4 is 4.74 Å². The summed E-state index contributed by atoms with van der Waals surface area (Å²) in [6, 6.07) is 11.6. The van der Waals surface area contributed by atoms with Gasteiger partial charge in [-0.3, -0.25) is 19.1 Å². The first-order chi connectivity index (χ1) is 24.1. The zero-order valence-corrected chi connectivity index (χ0v) is 29.1. The lowest BCUT2D eigenvalue weighted by atomic mass is 9.96. The molecule has 1 aliphatic rings. The first-order valence-electron chi connectivity index (χ1n) is 16.1. The second-order valence-corrected chi connectivity index (χ2v) is 13.3. The molecule has 5 heterocycles. The summed E-state index contributed by atoms with van der Waals surface area (Å²) in [5.41, 5.74) is 4.71. The molecule has 0 saturated heterocycles. The topological polar surface area (TPSA) is 90.5 Å². The summed E-state index contributed by atoms with van der Waals surface area (Å²) >= 11 is 1.43. The van der Waals surface area contributed by atoms with Crippen LogP contribution in [0.5, 0.6) is 5.75 Å². The normalized spacial score (nSPS) is 14.3. The Labute approximate surface area is 291 Å². The zero-order chi connectivity index (χ0) is 35.1. The van der Waals surface area contributed by atoms with Crippen molar-refractivity contribution < 1.29 is 23.0 Å². The number of ether oxygens (including phenoxy) is 2. The maximum Gasteiger partial charge on any atom is 0.299 e. The van der Waals surface area contributed by atoms with Crippen molar-refractivity contribution in [3.8, 4) is 51.4 Å². The SMILES string of the molecule is COCCOc1cc(F)cc(F)c1-c1c(-c2cc3n(n2)CCN(C(=O)C#CCN(C)C)C3C)nc(-c2ccc3c(cnn3C)c2)c2ccsc12. The first-order valence-corrected chi connectivity index (χ1v) is 17.0. The van der Waals surface area contributed by atoms with Crippen LogP contribution in [0.25, 0.3) is 54.8 Å². The van der Waals surface area contributed by atoms with E-state index in [1.54, 1.807) is 11.1 Å². The van der Waals surface area contributed by atoms with Crippen molar-refractivity contribution in [1.29, 1.82) is 0 Å². The molecule has 0 bridgehead atoms. The van der Waals surface area contributed by atoms with Gasteiger partial charge in [-0.15, -0.1) is 11.3 Å². The average molecular weight is 696 g/mol. The van der Waals surface area contributed by atoms with E-state index < -0.39 is 11.6 Å². The summed E-state index contributed by atoms with van der Waals surface area (Å²) in [4.78, 5) is 22.0. The third kappa shape index (κ3) is 6.10. The van der Waals surface area contributed by atoms with Crippen LogP contribution in [-0.2, 0) is 23.1 Å². The Morgan fingerprint density at radius 3 is 2.72 bits per heavy atom. The number of halogens is 2. The van der Waals surface area contributed by atoms with E-state index in [-0.39, 0.29) is 36.5 Å². The van der Waals surface area contributed by atoms with Gasteiger partial charge in [0.1, 0.15) is 35.4 Å². The average Bonchev–Trinajstić information content (AvgIpc) is 3.83. The molecule has 1 atom stereocenters. The standard InChI is InChI=1S/C37H35F2N7O3S/c1-22-30-20-28(42-46(30)13-12-45(22)32(47)7-6-11-43(2)3)36-34(33-27(39)18-25(38)19-31(33)49-15-14-48-5)37-26(10-16-50-37)35(41-36)23-8-9-29-24(17-23)21-40-44(29)4/h8-10,16-22H,11-15H2,1-5H3. The maximum absolute atomic E-state index is 16.1. The van der Waals surface area contributed by atoms with Gasteiger partial charge in [0.2, 0.25) is 0 Å². The molecule has 4 aromatic heterocycles. The summed E-state index contributed by atoms with van der Waals surface area (Å²) in [5.74, 6) is 3.92. The van der Waals surface area contributed by atoms with Crippen molar-refractivity contribution in [3.63, 3.8) is 0 Å². The van der Waals surface area contributed by atoms with E-state index >= 15 is 4.39 Å². The highest BCUT2D eigenvalue weighted by Gasteiger charge is 2.32. The number of thiophene rings is 1. The molecule has 1 aliphatic heterocycles. The van der Waals surface area contributed by atoms with E-state index in [9.17, 15) is 9.18 Å². The summed E-state index contributed by atoms with van der Waals surface area (Å²) in [6.07, 6.45) is 1.80. The Morgan fingerprint density at radius 2 is 1.92 bits per heavy atom. The quantitative estimate of drug-likeness (QED) is 0.139. The molecule has 0 fully saturated rings. The molecule has 0 aliphatic carbocycles. The molecule has 0 N–H and O–H groups in total. The summed E-state index contributed by atoms with van der Waals surface area (Å²) in [7, 11) is 7.21. The van der Waals surface area contributed by atoms with Gasteiger partial charge in [-0.05, 0) is 56.6 Å². The number of benzene rings is 2. The number of fused-ring (bicyclic) bond motifs is 3. The minimum absolute atomic E-state index is 0.0345. The fourth-order valence-electron chi connectivity index (χ4n) is 6.36. The predicted molar refractivity (Wildman–Crippen MR) is 190 cm³/mol. The Balaban J connectivity index is 1.43. The largest absolute Gasteiger partial charge is 0.490 e. The van der Waals surface area contributed by atoms with E-state index in [1.165, 1.54) is 24.5 Å². The van der Waals surface area contributed by atoms with Crippen LogP contribution in [0.1, 0.15) is 18.7 Å². The van der Waals surface area contributed by atoms with Gasteiger partial charge < -0.3 is 14.4 Å². The highest BCUT2D eigenvalue weighted by molar-refractivity contribution is 7.18. The molecule has 0 radical (unpaired) electrons. The van der Waals surface area contributed by atoms with Crippen molar-refractivity contribution >= 4 is 38.2 Å².